The van der Waals surface area contributed by atoms with Gasteiger partial charge in [-0.15, -0.1) is 0 Å². The molecule has 0 radical (unpaired) electrons. The second-order valence-electron chi connectivity index (χ2n) is 6.23. The summed E-state index contributed by atoms with van der Waals surface area (Å²) >= 11 is 3.39. The molecule has 1 aromatic rings. The standard InChI is InChI=1S/C16H23BrN2O2/c1-11(9-12-5-7-13(17)8-6-12)19-14(20)10-18-15(21)16(2,3)4/h5-8,11H,9-10H2,1-4H3,(H,18,21)(H,19,20). The normalized spacial score (nSPS) is 12.6. The van der Waals surface area contributed by atoms with Gasteiger partial charge in [0, 0.05) is 15.9 Å². The fraction of sp³-hybridized carbons (Fsp3) is 0.500. The Balaban J connectivity index is 2.37. The van der Waals surface area contributed by atoms with E-state index >= 15 is 0 Å². The summed E-state index contributed by atoms with van der Waals surface area (Å²) in [4.78, 5) is 23.5. The minimum absolute atomic E-state index is 0.0147. The average Bonchev–Trinajstić information content (AvgIpc) is 2.37. The van der Waals surface area contributed by atoms with Crippen LogP contribution in [0.3, 0.4) is 0 Å². The van der Waals surface area contributed by atoms with Crippen molar-refractivity contribution in [2.75, 3.05) is 6.54 Å². The Labute approximate surface area is 134 Å². The first kappa shape index (κ1) is 17.7. The lowest BCUT2D eigenvalue weighted by Gasteiger charge is -2.18. The van der Waals surface area contributed by atoms with E-state index in [0.29, 0.717) is 0 Å². The van der Waals surface area contributed by atoms with Crippen molar-refractivity contribution in [3.63, 3.8) is 0 Å². The number of nitrogens with one attached hydrogen (secondary N) is 2. The number of benzene rings is 1. The second-order valence-corrected chi connectivity index (χ2v) is 7.15. The lowest BCUT2D eigenvalue weighted by atomic mass is 9.96. The van der Waals surface area contributed by atoms with Crippen LogP contribution in [0.2, 0.25) is 0 Å². The highest BCUT2D eigenvalue weighted by Gasteiger charge is 2.21. The van der Waals surface area contributed by atoms with Gasteiger partial charge in [-0.3, -0.25) is 9.59 Å². The van der Waals surface area contributed by atoms with Crippen LogP contribution in [0.1, 0.15) is 33.3 Å². The first-order chi connectivity index (χ1) is 9.68. The van der Waals surface area contributed by atoms with Crippen LogP contribution in [-0.2, 0) is 16.0 Å². The maximum absolute atomic E-state index is 11.8. The van der Waals surface area contributed by atoms with Crippen LogP contribution in [0.4, 0.5) is 0 Å². The van der Waals surface area contributed by atoms with Gasteiger partial charge < -0.3 is 10.6 Å². The van der Waals surface area contributed by atoms with Gasteiger partial charge in [0.1, 0.15) is 0 Å². The first-order valence-electron chi connectivity index (χ1n) is 7.00. The highest BCUT2D eigenvalue weighted by atomic mass is 79.9. The predicted octanol–water partition coefficient (Wildman–Crippen LogP) is 2.66. The summed E-state index contributed by atoms with van der Waals surface area (Å²) in [6.07, 6.45) is 0.756. The van der Waals surface area contributed by atoms with Crippen molar-refractivity contribution in [2.45, 2.75) is 40.2 Å². The summed E-state index contributed by atoms with van der Waals surface area (Å²) in [5.41, 5.74) is 0.674. The molecule has 2 amide bonds. The van der Waals surface area contributed by atoms with Crippen LogP contribution in [0.15, 0.2) is 28.7 Å². The van der Waals surface area contributed by atoms with Crippen molar-refractivity contribution in [3.8, 4) is 0 Å². The van der Waals surface area contributed by atoms with Crippen LogP contribution >= 0.6 is 15.9 Å². The van der Waals surface area contributed by atoms with Crippen LogP contribution in [0.5, 0.6) is 0 Å². The van der Waals surface area contributed by atoms with Crippen molar-refractivity contribution in [3.05, 3.63) is 34.3 Å². The third-order valence-electron chi connectivity index (χ3n) is 2.95. The molecule has 1 unspecified atom stereocenters. The highest BCUT2D eigenvalue weighted by molar-refractivity contribution is 9.10. The number of hydrogen-bond acceptors (Lipinski definition) is 2. The molecular weight excluding hydrogens is 332 g/mol. The van der Waals surface area contributed by atoms with Crippen LogP contribution in [-0.4, -0.2) is 24.4 Å². The lowest BCUT2D eigenvalue weighted by molar-refractivity contribution is -0.131. The Morgan fingerprint density at radius 1 is 1.19 bits per heavy atom. The predicted molar refractivity (Wildman–Crippen MR) is 87.9 cm³/mol. The Kier molecular flexibility index (Phi) is 6.40. The third kappa shape index (κ3) is 6.76. The zero-order chi connectivity index (χ0) is 16.0. The monoisotopic (exact) mass is 354 g/mol. The quantitative estimate of drug-likeness (QED) is 0.853. The van der Waals surface area contributed by atoms with Crippen molar-refractivity contribution in [1.29, 1.82) is 0 Å². The molecule has 1 rings (SSSR count). The highest BCUT2D eigenvalue weighted by Crippen LogP contribution is 2.12. The molecule has 0 aromatic heterocycles. The van der Waals surface area contributed by atoms with E-state index < -0.39 is 5.41 Å². The van der Waals surface area contributed by atoms with Crippen molar-refractivity contribution in [2.24, 2.45) is 5.41 Å². The number of amides is 2. The molecule has 4 nitrogen and oxygen atoms in total. The Morgan fingerprint density at radius 3 is 2.29 bits per heavy atom. The van der Waals surface area contributed by atoms with Crippen LogP contribution in [0, 0.1) is 5.41 Å². The van der Waals surface area contributed by atoms with Crippen LogP contribution < -0.4 is 10.6 Å². The molecule has 0 saturated heterocycles. The molecule has 1 atom stereocenters. The van der Waals surface area contributed by atoms with E-state index in [-0.39, 0.29) is 24.4 Å². The fourth-order valence-corrected chi connectivity index (χ4v) is 2.04. The summed E-state index contributed by atoms with van der Waals surface area (Å²) in [6.45, 7) is 7.41. The zero-order valence-corrected chi connectivity index (χ0v) is 14.6. The molecule has 21 heavy (non-hydrogen) atoms. The molecule has 0 aliphatic heterocycles. The van der Waals surface area contributed by atoms with Gasteiger partial charge in [0.15, 0.2) is 0 Å². The summed E-state index contributed by atoms with van der Waals surface area (Å²) in [7, 11) is 0. The molecule has 0 fully saturated rings. The first-order valence-corrected chi connectivity index (χ1v) is 7.80. The van der Waals surface area contributed by atoms with E-state index in [1.165, 1.54) is 0 Å². The van der Waals surface area contributed by atoms with Gasteiger partial charge in [0.25, 0.3) is 0 Å². The lowest BCUT2D eigenvalue weighted by Crippen LogP contribution is -2.44. The third-order valence-corrected chi connectivity index (χ3v) is 3.48. The minimum Gasteiger partial charge on any atom is -0.352 e. The molecular formula is C16H23BrN2O2. The summed E-state index contributed by atoms with van der Waals surface area (Å²) in [5, 5.41) is 5.53. The van der Waals surface area contributed by atoms with E-state index in [1.807, 2.05) is 52.0 Å². The summed E-state index contributed by atoms with van der Waals surface area (Å²) in [5.74, 6) is -0.296. The number of rotatable bonds is 5. The molecule has 0 spiro atoms. The topological polar surface area (TPSA) is 58.2 Å². The van der Waals surface area contributed by atoms with Crippen LogP contribution in [0.25, 0.3) is 0 Å². The fourth-order valence-electron chi connectivity index (χ4n) is 1.78. The number of carbonyl (C=O) groups is 2. The second kappa shape index (κ2) is 7.59. The maximum Gasteiger partial charge on any atom is 0.239 e. The Morgan fingerprint density at radius 2 is 1.76 bits per heavy atom. The van der Waals surface area contributed by atoms with Gasteiger partial charge in [-0.2, -0.15) is 0 Å². The van der Waals surface area contributed by atoms with Gasteiger partial charge in [-0.05, 0) is 31.0 Å². The Bertz CT molecular complexity index is 492. The van der Waals surface area contributed by atoms with E-state index in [9.17, 15) is 9.59 Å². The number of hydrogen-bond donors (Lipinski definition) is 2. The largest absolute Gasteiger partial charge is 0.352 e. The number of halogens is 1. The molecule has 1 aromatic carbocycles. The molecule has 0 saturated carbocycles. The zero-order valence-electron chi connectivity index (χ0n) is 13.0. The van der Waals surface area contributed by atoms with Crippen molar-refractivity contribution in [1.82, 2.24) is 10.6 Å². The summed E-state index contributed by atoms with van der Waals surface area (Å²) in [6, 6.07) is 8.02. The van der Waals surface area contributed by atoms with Gasteiger partial charge >= 0.3 is 0 Å². The van der Waals surface area contributed by atoms with E-state index in [4.69, 9.17) is 0 Å². The average molecular weight is 355 g/mol. The maximum atomic E-state index is 11.8. The SMILES string of the molecule is CC(Cc1ccc(Br)cc1)NC(=O)CNC(=O)C(C)(C)C. The molecule has 2 N–H and O–H groups in total. The Hall–Kier alpha value is -1.36. The minimum atomic E-state index is -0.483. The van der Waals surface area contributed by atoms with Gasteiger partial charge in [-0.25, -0.2) is 0 Å². The van der Waals surface area contributed by atoms with E-state index in [0.717, 1.165) is 16.5 Å². The van der Waals surface area contributed by atoms with Gasteiger partial charge in [-0.1, -0.05) is 48.8 Å². The smallest absolute Gasteiger partial charge is 0.239 e. The molecule has 0 heterocycles. The molecule has 5 heteroatoms. The van der Waals surface area contributed by atoms with E-state index in [1.54, 1.807) is 0 Å². The number of carbonyl (C=O) groups excluding carboxylic acids is 2. The van der Waals surface area contributed by atoms with Gasteiger partial charge in [0.05, 0.1) is 6.54 Å². The summed E-state index contributed by atoms with van der Waals surface area (Å²) < 4.78 is 1.04. The van der Waals surface area contributed by atoms with Gasteiger partial charge in [0.2, 0.25) is 11.8 Å². The molecule has 0 aliphatic rings. The van der Waals surface area contributed by atoms with Crippen molar-refractivity contribution >= 4 is 27.7 Å². The molecule has 116 valence electrons. The van der Waals surface area contributed by atoms with E-state index in [2.05, 4.69) is 26.6 Å². The molecule has 0 bridgehead atoms. The van der Waals surface area contributed by atoms with Crippen molar-refractivity contribution < 1.29 is 9.59 Å². The molecule has 0 aliphatic carbocycles.